The Morgan fingerprint density at radius 1 is 1.40 bits per heavy atom. The normalized spacial score (nSPS) is 9.87. The molecule has 15 heavy (non-hydrogen) atoms. The summed E-state index contributed by atoms with van der Waals surface area (Å²) in [5, 5.41) is -0.696. The summed E-state index contributed by atoms with van der Waals surface area (Å²) in [6.07, 6.45) is 0. The van der Waals surface area contributed by atoms with Crippen molar-refractivity contribution in [2.24, 2.45) is 0 Å². The third kappa shape index (κ3) is 9.46. The van der Waals surface area contributed by atoms with Gasteiger partial charge < -0.3 is 0 Å². The Hall–Kier alpha value is 1.76. The van der Waals surface area contributed by atoms with Crippen molar-refractivity contribution < 1.29 is 17.5 Å². The van der Waals surface area contributed by atoms with Crippen LogP contribution in [0.2, 0.25) is 0 Å². The van der Waals surface area contributed by atoms with E-state index in [-0.39, 0.29) is 86.5 Å². The Morgan fingerprint density at radius 2 is 1.80 bits per heavy atom. The van der Waals surface area contributed by atoms with Crippen LogP contribution in [0, 0.1) is 0 Å². The van der Waals surface area contributed by atoms with Crippen LogP contribution in [-0.4, -0.2) is 101 Å². The molecular weight excluding hydrogens is 256 g/mol. The van der Waals surface area contributed by atoms with E-state index in [1.165, 1.54) is 20.8 Å². The molecule has 0 spiro atoms. The number of hydrogen-bond donors (Lipinski definition) is 1. The SMILES string of the molecule is C=C(C)C(=O)NOS(=O)(=O)C(C)C.[KH].[NaH]. The Morgan fingerprint density at radius 3 is 2.07 bits per heavy atom. The predicted molar refractivity (Wildman–Crippen MR) is 62.4 cm³/mol. The van der Waals surface area contributed by atoms with Crippen molar-refractivity contribution in [1.29, 1.82) is 0 Å². The third-order valence-corrected chi connectivity index (χ3v) is 2.69. The molecule has 0 aliphatic heterocycles. The number of hydrogen-bond acceptors (Lipinski definition) is 4. The van der Waals surface area contributed by atoms with Crippen molar-refractivity contribution in [3.8, 4) is 0 Å². The number of hydroxylamine groups is 1. The molecule has 0 bridgehead atoms. The maximum absolute atomic E-state index is 11.0. The van der Waals surface area contributed by atoms with E-state index in [2.05, 4.69) is 10.9 Å². The maximum atomic E-state index is 11.0. The first-order valence-electron chi connectivity index (χ1n) is 3.65. The zero-order valence-electron chi connectivity index (χ0n) is 7.83. The van der Waals surface area contributed by atoms with Gasteiger partial charge in [0.2, 0.25) is 0 Å². The molecule has 1 amide bonds. The van der Waals surface area contributed by atoms with E-state index in [9.17, 15) is 13.2 Å². The van der Waals surface area contributed by atoms with E-state index in [4.69, 9.17) is 0 Å². The summed E-state index contributed by atoms with van der Waals surface area (Å²) >= 11 is 0. The van der Waals surface area contributed by atoms with E-state index in [0.29, 0.717) is 0 Å². The monoisotopic (exact) mass is 271 g/mol. The molecule has 0 fully saturated rings. The van der Waals surface area contributed by atoms with Crippen LogP contribution in [-0.2, 0) is 19.2 Å². The molecule has 1 N–H and O–H groups in total. The summed E-state index contributed by atoms with van der Waals surface area (Å²) < 4.78 is 26.2. The van der Waals surface area contributed by atoms with Crippen LogP contribution in [0.5, 0.6) is 0 Å². The minimum atomic E-state index is -3.70. The topological polar surface area (TPSA) is 72.5 Å². The predicted octanol–water partition coefficient (Wildman–Crippen LogP) is -0.949. The van der Waals surface area contributed by atoms with Gasteiger partial charge in [-0.15, -0.1) is 4.28 Å². The first kappa shape index (κ1) is 22.0. The second kappa shape index (κ2) is 9.75. The Kier molecular flexibility index (Phi) is 14.3. The summed E-state index contributed by atoms with van der Waals surface area (Å²) in [6.45, 7) is 7.65. The summed E-state index contributed by atoms with van der Waals surface area (Å²) in [6, 6.07) is 0. The minimum absolute atomic E-state index is 0. The van der Waals surface area contributed by atoms with Gasteiger partial charge in [0.25, 0.3) is 16.0 Å². The van der Waals surface area contributed by atoms with Crippen LogP contribution < -0.4 is 5.48 Å². The number of rotatable bonds is 4. The first-order valence-corrected chi connectivity index (χ1v) is 5.12. The Balaban J connectivity index is -0.000000720. The molecule has 5 nitrogen and oxygen atoms in total. The average molecular weight is 271 g/mol. The van der Waals surface area contributed by atoms with Crippen LogP contribution in [0.4, 0.5) is 0 Å². The van der Waals surface area contributed by atoms with Gasteiger partial charge in [-0.3, -0.25) is 4.79 Å². The fourth-order valence-corrected chi connectivity index (χ4v) is 0.664. The molecule has 0 radical (unpaired) electrons. The number of carbonyl (C=O) groups is 1. The molecule has 0 aromatic carbocycles. The van der Waals surface area contributed by atoms with E-state index in [1.807, 2.05) is 0 Å². The van der Waals surface area contributed by atoms with Gasteiger partial charge in [0.1, 0.15) is 0 Å². The summed E-state index contributed by atoms with van der Waals surface area (Å²) in [4.78, 5) is 10.8. The molecule has 0 saturated carbocycles. The Bertz CT molecular complexity index is 315. The summed E-state index contributed by atoms with van der Waals surface area (Å²) in [5.41, 5.74) is 1.96. The second-order valence-corrected chi connectivity index (χ2v) is 4.93. The van der Waals surface area contributed by atoms with Gasteiger partial charge in [0, 0.05) is 5.57 Å². The molecule has 0 heterocycles. The molecular formula is C7H15KNNaO4S. The van der Waals surface area contributed by atoms with E-state index in [1.54, 1.807) is 5.48 Å². The summed E-state index contributed by atoms with van der Waals surface area (Å²) in [5.74, 6) is -0.649. The van der Waals surface area contributed by atoms with Gasteiger partial charge in [-0.2, -0.15) is 8.42 Å². The third-order valence-electron chi connectivity index (χ3n) is 1.22. The van der Waals surface area contributed by atoms with Crippen molar-refractivity contribution in [1.82, 2.24) is 5.48 Å². The summed E-state index contributed by atoms with van der Waals surface area (Å²) in [7, 11) is -3.70. The van der Waals surface area contributed by atoms with Crippen LogP contribution in [0.25, 0.3) is 0 Å². The van der Waals surface area contributed by atoms with Gasteiger partial charge in [0.15, 0.2) is 0 Å². The quantitative estimate of drug-likeness (QED) is 0.406. The van der Waals surface area contributed by atoms with Crippen LogP contribution in [0.15, 0.2) is 12.2 Å². The molecule has 0 aliphatic rings. The molecule has 0 atom stereocenters. The molecule has 0 saturated heterocycles. The zero-order chi connectivity index (χ0) is 10.6. The number of amides is 1. The molecule has 0 aromatic rings. The average Bonchev–Trinajstić information content (AvgIpc) is 1.99. The van der Waals surface area contributed by atoms with E-state index in [0.717, 1.165) is 0 Å². The van der Waals surface area contributed by atoms with Crippen molar-refractivity contribution in [2.45, 2.75) is 26.0 Å². The molecule has 0 aliphatic carbocycles. The fourth-order valence-electron chi connectivity index (χ4n) is 0.279. The number of carbonyl (C=O) groups excluding carboxylic acids is 1. The standard InChI is InChI=1S/C7H13NO4S.K.Na.2H/c1-5(2)7(9)8-12-13(10,11)6(3)4;;;;/h6H,1H2,2-4H3,(H,8,9);;;;. The molecule has 0 unspecified atom stereocenters. The van der Waals surface area contributed by atoms with Crippen molar-refractivity contribution in [3.05, 3.63) is 12.2 Å². The fraction of sp³-hybridized carbons (Fsp3) is 0.571. The zero-order valence-corrected chi connectivity index (χ0v) is 8.64. The van der Waals surface area contributed by atoms with Crippen LogP contribution in [0.1, 0.15) is 20.8 Å². The van der Waals surface area contributed by atoms with Crippen LogP contribution >= 0.6 is 0 Å². The van der Waals surface area contributed by atoms with Gasteiger partial charge in [-0.1, -0.05) is 6.58 Å². The number of nitrogens with one attached hydrogen (secondary N) is 1. The van der Waals surface area contributed by atoms with E-state index < -0.39 is 21.3 Å². The van der Waals surface area contributed by atoms with Gasteiger partial charge in [-0.25, -0.2) is 5.48 Å². The van der Waals surface area contributed by atoms with Gasteiger partial charge in [-0.05, 0) is 20.8 Å². The van der Waals surface area contributed by atoms with Crippen LogP contribution in [0.3, 0.4) is 0 Å². The van der Waals surface area contributed by atoms with E-state index >= 15 is 0 Å². The second-order valence-electron chi connectivity index (χ2n) is 2.84. The molecule has 80 valence electrons. The first-order chi connectivity index (χ1) is 5.77. The van der Waals surface area contributed by atoms with Crippen molar-refractivity contribution >= 4 is 97.0 Å². The van der Waals surface area contributed by atoms with Crippen molar-refractivity contribution in [3.63, 3.8) is 0 Å². The van der Waals surface area contributed by atoms with Gasteiger partial charge in [0.05, 0.1) is 5.25 Å². The molecule has 8 heteroatoms. The van der Waals surface area contributed by atoms with Crippen molar-refractivity contribution in [2.75, 3.05) is 0 Å². The Labute approximate surface area is 155 Å². The molecule has 0 rings (SSSR count). The van der Waals surface area contributed by atoms with Gasteiger partial charge >= 0.3 is 80.9 Å². The molecule has 0 aromatic heterocycles.